The van der Waals surface area contributed by atoms with Crippen molar-refractivity contribution >= 4 is 29.4 Å². The number of nitrogens with one attached hydrogen (secondary N) is 1. The highest BCUT2D eigenvalue weighted by atomic mass is 16.5. The number of fused-ring (bicyclic) bond motifs is 1. The van der Waals surface area contributed by atoms with Crippen molar-refractivity contribution in [3.8, 4) is 5.75 Å². The largest absolute Gasteiger partial charge is 0.497 e. The van der Waals surface area contributed by atoms with Crippen LogP contribution in [0.5, 0.6) is 5.75 Å². The molecule has 8 nitrogen and oxygen atoms in total. The van der Waals surface area contributed by atoms with Gasteiger partial charge in [0.05, 0.1) is 23.8 Å². The molecule has 0 bridgehead atoms. The molecule has 0 unspecified atom stereocenters. The summed E-state index contributed by atoms with van der Waals surface area (Å²) in [6.07, 6.45) is 1.56. The Labute approximate surface area is 173 Å². The Bertz CT molecular complexity index is 1000. The number of rotatable bonds is 8. The van der Waals surface area contributed by atoms with E-state index >= 15 is 0 Å². The van der Waals surface area contributed by atoms with E-state index in [4.69, 9.17) is 9.47 Å². The predicted octanol–water partition coefficient (Wildman–Crippen LogP) is 2.89. The molecule has 156 valence electrons. The molecule has 3 amide bonds. The number of nitrogens with zero attached hydrogens (tertiary/aromatic N) is 1. The first-order valence-electron chi connectivity index (χ1n) is 9.56. The van der Waals surface area contributed by atoms with E-state index < -0.39 is 24.4 Å². The summed E-state index contributed by atoms with van der Waals surface area (Å²) in [7, 11) is 1.51. The summed E-state index contributed by atoms with van der Waals surface area (Å²) in [5, 5.41) is 2.60. The van der Waals surface area contributed by atoms with Gasteiger partial charge < -0.3 is 14.8 Å². The molecule has 1 aliphatic heterocycles. The van der Waals surface area contributed by atoms with Gasteiger partial charge in [0, 0.05) is 18.3 Å². The standard InChI is InChI=1S/C22H22N2O6/c1-3-4-10-24-20(26)17-9-8-14(11-18(17)21(24)27)22(28)30-13-19(25)23-15-6-5-7-16(12-15)29-2/h5-9,11-12H,3-4,10,13H2,1-2H3,(H,23,25). The molecule has 0 atom stereocenters. The van der Waals surface area contributed by atoms with Gasteiger partial charge in [0.25, 0.3) is 17.7 Å². The average Bonchev–Trinajstić information content (AvgIpc) is 3.00. The first-order chi connectivity index (χ1) is 14.4. The summed E-state index contributed by atoms with van der Waals surface area (Å²) in [5.74, 6) is -1.48. The van der Waals surface area contributed by atoms with Crippen LogP contribution in [0.25, 0.3) is 0 Å². The quantitative estimate of drug-likeness (QED) is 0.530. The second-order valence-corrected chi connectivity index (χ2v) is 6.73. The molecule has 0 radical (unpaired) electrons. The van der Waals surface area contributed by atoms with Crippen molar-refractivity contribution in [2.75, 3.05) is 25.6 Å². The molecular formula is C22H22N2O6. The number of carbonyl (C=O) groups excluding carboxylic acids is 4. The van der Waals surface area contributed by atoms with E-state index in [1.54, 1.807) is 24.3 Å². The van der Waals surface area contributed by atoms with Crippen LogP contribution in [0, 0.1) is 0 Å². The van der Waals surface area contributed by atoms with Crippen LogP contribution in [0.1, 0.15) is 50.8 Å². The number of imide groups is 1. The van der Waals surface area contributed by atoms with E-state index in [-0.39, 0.29) is 22.6 Å². The first-order valence-corrected chi connectivity index (χ1v) is 9.56. The maximum absolute atomic E-state index is 12.5. The first kappa shape index (κ1) is 21.0. The fraction of sp³-hybridized carbons (Fsp3) is 0.273. The Hall–Kier alpha value is -3.68. The average molecular weight is 410 g/mol. The molecule has 0 saturated carbocycles. The molecule has 1 N–H and O–H groups in total. The minimum Gasteiger partial charge on any atom is -0.497 e. The number of benzene rings is 2. The highest BCUT2D eigenvalue weighted by Crippen LogP contribution is 2.25. The van der Waals surface area contributed by atoms with Crippen LogP contribution < -0.4 is 10.1 Å². The van der Waals surface area contributed by atoms with Crippen molar-refractivity contribution in [3.05, 3.63) is 59.2 Å². The molecular weight excluding hydrogens is 388 g/mol. The third kappa shape index (κ3) is 4.48. The molecule has 0 spiro atoms. The van der Waals surface area contributed by atoms with Gasteiger partial charge in [-0.2, -0.15) is 0 Å². The molecule has 8 heteroatoms. The second-order valence-electron chi connectivity index (χ2n) is 6.73. The maximum atomic E-state index is 12.5. The minimum atomic E-state index is -0.758. The highest BCUT2D eigenvalue weighted by Gasteiger charge is 2.35. The van der Waals surface area contributed by atoms with Crippen molar-refractivity contribution in [2.24, 2.45) is 0 Å². The third-order valence-corrected chi connectivity index (χ3v) is 4.63. The Kier molecular flexibility index (Phi) is 6.46. The van der Waals surface area contributed by atoms with Crippen LogP contribution in [0.4, 0.5) is 5.69 Å². The molecule has 3 rings (SSSR count). The van der Waals surface area contributed by atoms with Crippen molar-refractivity contribution in [2.45, 2.75) is 19.8 Å². The summed E-state index contributed by atoms with van der Waals surface area (Å²) in [5.41, 5.74) is 1.04. The topological polar surface area (TPSA) is 102 Å². The van der Waals surface area contributed by atoms with E-state index in [1.807, 2.05) is 6.92 Å². The van der Waals surface area contributed by atoms with Crippen LogP contribution in [0.2, 0.25) is 0 Å². The Balaban J connectivity index is 1.62. The maximum Gasteiger partial charge on any atom is 0.338 e. The van der Waals surface area contributed by atoms with Crippen molar-refractivity contribution in [3.63, 3.8) is 0 Å². The van der Waals surface area contributed by atoms with Gasteiger partial charge in [0.2, 0.25) is 0 Å². The van der Waals surface area contributed by atoms with E-state index in [2.05, 4.69) is 5.32 Å². The zero-order valence-electron chi connectivity index (χ0n) is 16.8. The fourth-order valence-corrected chi connectivity index (χ4v) is 3.05. The lowest BCUT2D eigenvalue weighted by molar-refractivity contribution is -0.119. The molecule has 2 aromatic rings. The van der Waals surface area contributed by atoms with Crippen LogP contribution in [0.15, 0.2) is 42.5 Å². The fourth-order valence-electron chi connectivity index (χ4n) is 3.05. The normalized spacial score (nSPS) is 12.5. The number of methoxy groups -OCH3 is 1. The molecule has 0 saturated heterocycles. The minimum absolute atomic E-state index is 0.0985. The van der Waals surface area contributed by atoms with Gasteiger partial charge in [-0.1, -0.05) is 19.4 Å². The van der Waals surface area contributed by atoms with Crippen LogP contribution >= 0.6 is 0 Å². The summed E-state index contributed by atoms with van der Waals surface area (Å²) in [4.78, 5) is 50.4. The van der Waals surface area contributed by atoms with Crippen molar-refractivity contribution in [1.82, 2.24) is 4.90 Å². The van der Waals surface area contributed by atoms with Crippen molar-refractivity contribution < 1.29 is 28.7 Å². The predicted molar refractivity (Wildman–Crippen MR) is 109 cm³/mol. The monoisotopic (exact) mass is 410 g/mol. The van der Waals surface area contributed by atoms with Gasteiger partial charge in [-0.05, 0) is 36.8 Å². The zero-order valence-corrected chi connectivity index (χ0v) is 16.8. The molecule has 2 aromatic carbocycles. The summed E-state index contributed by atoms with van der Waals surface area (Å²) in [6.45, 7) is 1.81. The number of amides is 3. The summed E-state index contributed by atoms with van der Waals surface area (Å²) >= 11 is 0. The number of carbonyl (C=O) groups is 4. The Morgan fingerprint density at radius 2 is 1.80 bits per heavy atom. The molecule has 1 heterocycles. The lowest BCUT2D eigenvalue weighted by atomic mass is 10.1. The summed E-state index contributed by atoms with van der Waals surface area (Å²) in [6, 6.07) is 10.9. The highest BCUT2D eigenvalue weighted by molar-refractivity contribution is 6.22. The SMILES string of the molecule is CCCCN1C(=O)c2ccc(C(=O)OCC(=O)Nc3cccc(OC)c3)cc2C1=O. The van der Waals surface area contributed by atoms with Gasteiger partial charge in [-0.3, -0.25) is 19.3 Å². The van der Waals surface area contributed by atoms with E-state index in [0.29, 0.717) is 24.4 Å². The van der Waals surface area contributed by atoms with Gasteiger partial charge in [-0.25, -0.2) is 4.79 Å². The Morgan fingerprint density at radius 3 is 2.53 bits per heavy atom. The molecule has 30 heavy (non-hydrogen) atoms. The van der Waals surface area contributed by atoms with Gasteiger partial charge in [-0.15, -0.1) is 0 Å². The van der Waals surface area contributed by atoms with Gasteiger partial charge >= 0.3 is 5.97 Å². The number of esters is 1. The van der Waals surface area contributed by atoms with Gasteiger partial charge in [0.15, 0.2) is 6.61 Å². The zero-order chi connectivity index (χ0) is 21.7. The molecule has 1 aliphatic rings. The number of unbranched alkanes of at least 4 members (excludes halogenated alkanes) is 1. The van der Waals surface area contributed by atoms with Gasteiger partial charge in [0.1, 0.15) is 5.75 Å². The summed E-state index contributed by atoms with van der Waals surface area (Å²) < 4.78 is 10.1. The van der Waals surface area contributed by atoms with Crippen molar-refractivity contribution in [1.29, 1.82) is 0 Å². The van der Waals surface area contributed by atoms with E-state index in [1.165, 1.54) is 30.2 Å². The van der Waals surface area contributed by atoms with Crippen LogP contribution in [-0.2, 0) is 9.53 Å². The smallest absolute Gasteiger partial charge is 0.338 e. The second kappa shape index (κ2) is 9.21. The molecule has 0 aliphatic carbocycles. The lowest BCUT2D eigenvalue weighted by Gasteiger charge is -2.12. The molecule has 0 aromatic heterocycles. The Morgan fingerprint density at radius 1 is 1.03 bits per heavy atom. The number of ether oxygens (including phenoxy) is 2. The lowest BCUT2D eigenvalue weighted by Crippen LogP contribution is -2.30. The third-order valence-electron chi connectivity index (χ3n) is 4.63. The van der Waals surface area contributed by atoms with Crippen LogP contribution in [0.3, 0.4) is 0 Å². The van der Waals surface area contributed by atoms with E-state index in [9.17, 15) is 19.2 Å². The number of hydrogen-bond donors (Lipinski definition) is 1. The van der Waals surface area contributed by atoms with E-state index in [0.717, 1.165) is 6.42 Å². The van der Waals surface area contributed by atoms with Crippen LogP contribution in [-0.4, -0.2) is 48.9 Å². The number of anilines is 1. The molecule has 0 fully saturated rings. The number of hydrogen-bond acceptors (Lipinski definition) is 6.